The number of hydrogen-bond donors (Lipinski definition) is 1. The molecule has 1 unspecified atom stereocenters. The van der Waals surface area contributed by atoms with Crippen molar-refractivity contribution in [2.24, 2.45) is 0 Å². The van der Waals surface area contributed by atoms with Crippen molar-refractivity contribution in [1.29, 1.82) is 0 Å². The highest BCUT2D eigenvalue weighted by atomic mass is 35.5. The summed E-state index contributed by atoms with van der Waals surface area (Å²) in [5, 5.41) is 10.4. The van der Waals surface area contributed by atoms with Gasteiger partial charge >= 0.3 is 5.97 Å². The molecular formula is C22H25ClN2O6S. The van der Waals surface area contributed by atoms with E-state index in [0.29, 0.717) is 17.1 Å². The lowest BCUT2D eigenvalue weighted by Gasteiger charge is -2.22. The summed E-state index contributed by atoms with van der Waals surface area (Å²) < 4.78 is 34.0. The topological polar surface area (TPSA) is 106 Å². The number of Topliss-reactive ketones (excluding diaryl/α,β-unsaturated/α-hetero) is 1. The van der Waals surface area contributed by atoms with Crippen molar-refractivity contribution in [3.05, 3.63) is 65.0 Å². The van der Waals surface area contributed by atoms with Gasteiger partial charge in [0.2, 0.25) is 15.8 Å². The summed E-state index contributed by atoms with van der Waals surface area (Å²) in [5.41, 5.74) is 2.03. The van der Waals surface area contributed by atoms with Gasteiger partial charge in [-0.2, -0.15) is 4.31 Å². The van der Waals surface area contributed by atoms with Crippen molar-refractivity contribution in [1.82, 2.24) is 8.87 Å². The van der Waals surface area contributed by atoms with Crippen LogP contribution in [0.5, 0.6) is 0 Å². The Kier molecular flexibility index (Phi) is 7.24. The molecule has 8 nitrogen and oxygen atoms in total. The Balaban J connectivity index is 1.74. The quantitative estimate of drug-likeness (QED) is 0.353. The first-order valence-electron chi connectivity index (χ1n) is 9.99. The number of aliphatic hydroxyl groups excluding tert-OH is 1. The average Bonchev–Trinajstić information content (AvgIpc) is 3.28. The van der Waals surface area contributed by atoms with Crippen LogP contribution in [0.1, 0.15) is 28.2 Å². The van der Waals surface area contributed by atoms with Gasteiger partial charge in [-0.15, -0.1) is 6.58 Å². The van der Waals surface area contributed by atoms with Gasteiger partial charge in [0.05, 0.1) is 11.0 Å². The molecule has 0 amide bonds. The lowest BCUT2D eigenvalue weighted by Crippen LogP contribution is -2.41. The minimum absolute atomic E-state index is 0.0560. The fourth-order valence-corrected chi connectivity index (χ4v) is 5.56. The summed E-state index contributed by atoms with van der Waals surface area (Å²) in [5.74, 6) is -1.28. The molecule has 1 aromatic carbocycles. The molecule has 1 saturated heterocycles. The first-order chi connectivity index (χ1) is 15.1. The van der Waals surface area contributed by atoms with E-state index >= 15 is 0 Å². The van der Waals surface area contributed by atoms with E-state index in [1.54, 1.807) is 19.1 Å². The summed E-state index contributed by atoms with van der Waals surface area (Å²) in [6.45, 7) is 7.12. The minimum Gasteiger partial charge on any atom is -0.456 e. The highest BCUT2D eigenvalue weighted by molar-refractivity contribution is 7.89. The molecule has 2 heterocycles. The van der Waals surface area contributed by atoms with E-state index < -0.39 is 40.5 Å². The number of carbonyl (C=O) groups excluding carboxylic acids is 2. The standard InChI is InChI=1S/C22H25ClN2O6S/c1-4-9-24-14(2)10-19(15(24)3)21(27)13-31-22(28)20-11-17(26)12-25(20)32(29,30)18-7-5-16(23)6-8-18/h4-8,10,17,20,26H,1,9,11-13H2,2-3H3/t17?,20-/m0/s1. The molecule has 0 saturated carbocycles. The largest absolute Gasteiger partial charge is 0.456 e. The summed E-state index contributed by atoms with van der Waals surface area (Å²) in [7, 11) is -4.07. The number of aromatic nitrogens is 1. The van der Waals surface area contributed by atoms with Crippen LogP contribution >= 0.6 is 11.6 Å². The second-order valence-electron chi connectivity index (χ2n) is 7.65. The zero-order valence-corrected chi connectivity index (χ0v) is 19.4. The highest BCUT2D eigenvalue weighted by Crippen LogP contribution is 2.28. The Bertz CT molecular complexity index is 1140. The summed E-state index contributed by atoms with van der Waals surface area (Å²) in [4.78, 5) is 25.3. The van der Waals surface area contributed by atoms with Gasteiger partial charge in [-0.25, -0.2) is 8.42 Å². The van der Waals surface area contributed by atoms with Gasteiger partial charge in [-0.3, -0.25) is 9.59 Å². The fraction of sp³-hybridized carbons (Fsp3) is 0.364. The molecule has 0 bridgehead atoms. The lowest BCUT2D eigenvalue weighted by molar-refractivity contribution is -0.146. The number of carbonyl (C=O) groups is 2. The van der Waals surface area contributed by atoms with E-state index in [2.05, 4.69) is 6.58 Å². The molecule has 1 aliphatic heterocycles. The second-order valence-corrected chi connectivity index (χ2v) is 9.98. The van der Waals surface area contributed by atoms with Gasteiger partial charge in [0.1, 0.15) is 6.04 Å². The smallest absolute Gasteiger partial charge is 0.325 e. The third kappa shape index (κ3) is 4.80. The maximum Gasteiger partial charge on any atom is 0.325 e. The van der Waals surface area contributed by atoms with Crippen molar-refractivity contribution in [3.63, 3.8) is 0 Å². The molecule has 1 fully saturated rings. The Hall–Kier alpha value is -2.46. The summed E-state index contributed by atoms with van der Waals surface area (Å²) in [6, 6.07) is 5.99. The van der Waals surface area contributed by atoms with Crippen LogP contribution in [-0.2, 0) is 26.1 Å². The fourth-order valence-electron chi connectivity index (χ4n) is 3.81. The molecule has 32 heavy (non-hydrogen) atoms. The molecular weight excluding hydrogens is 456 g/mol. The number of hydrogen-bond acceptors (Lipinski definition) is 6. The predicted octanol–water partition coefficient (Wildman–Crippen LogP) is 2.49. The number of aliphatic hydroxyl groups is 1. The van der Waals surface area contributed by atoms with Crippen molar-refractivity contribution < 1.29 is 27.9 Å². The molecule has 172 valence electrons. The molecule has 2 aromatic rings. The number of sulfonamides is 1. The number of benzene rings is 1. The zero-order chi connectivity index (χ0) is 23.6. The van der Waals surface area contributed by atoms with E-state index in [0.717, 1.165) is 15.7 Å². The number of nitrogens with zero attached hydrogens (tertiary/aromatic N) is 2. The van der Waals surface area contributed by atoms with Crippen LogP contribution in [0.25, 0.3) is 0 Å². The van der Waals surface area contributed by atoms with Crippen LogP contribution < -0.4 is 0 Å². The van der Waals surface area contributed by atoms with Crippen LogP contribution in [0.15, 0.2) is 47.9 Å². The van der Waals surface area contributed by atoms with E-state index in [9.17, 15) is 23.1 Å². The lowest BCUT2D eigenvalue weighted by atomic mass is 10.1. The number of allylic oxidation sites excluding steroid dienone is 1. The van der Waals surface area contributed by atoms with E-state index in [-0.39, 0.29) is 17.9 Å². The molecule has 10 heteroatoms. The van der Waals surface area contributed by atoms with Crippen molar-refractivity contribution in [3.8, 4) is 0 Å². The van der Waals surface area contributed by atoms with Crippen LogP contribution in [-0.4, -0.2) is 59.4 Å². The molecule has 3 rings (SSSR count). The van der Waals surface area contributed by atoms with Crippen LogP contribution in [0, 0.1) is 13.8 Å². The number of rotatable bonds is 8. The minimum atomic E-state index is -4.07. The highest BCUT2D eigenvalue weighted by Gasteiger charge is 2.44. The normalized spacial score (nSPS) is 19.1. The number of ether oxygens (including phenoxy) is 1. The maximum atomic E-state index is 13.0. The van der Waals surface area contributed by atoms with E-state index in [4.69, 9.17) is 16.3 Å². The third-order valence-electron chi connectivity index (χ3n) is 5.46. The number of aryl methyl sites for hydroxylation is 1. The van der Waals surface area contributed by atoms with Crippen molar-refractivity contribution in [2.45, 2.75) is 43.9 Å². The van der Waals surface area contributed by atoms with E-state index in [1.807, 2.05) is 11.5 Å². The SMILES string of the molecule is C=CCn1c(C)cc(C(=O)COC(=O)[C@@H]2CC(O)CN2S(=O)(=O)c2ccc(Cl)cc2)c1C. The summed E-state index contributed by atoms with van der Waals surface area (Å²) >= 11 is 5.82. The van der Waals surface area contributed by atoms with Gasteiger partial charge in [-0.05, 0) is 44.2 Å². The molecule has 0 radical (unpaired) electrons. The van der Waals surface area contributed by atoms with Crippen molar-refractivity contribution in [2.75, 3.05) is 13.2 Å². The number of ketones is 1. The first-order valence-corrected chi connectivity index (χ1v) is 11.8. The van der Waals surface area contributed by atoms with Gasteiger partial charge in [0, 0.05) is 41.5 Å². The molecule has 0 aliphatic carbocycles. The molecule has 0 spiro atoms. The predicted molar refractivity (Wildman–Crippen MR) is 119 cm³/mol. The van der Waals surface area contributed by atoms with Crippen LogP contribution in [0.2, 0.25) is 5.02 Å². The molecule has 1 aliphatic rings. The molecule has 1 N–H and O–H groups in total. The van der Waals surface area contributed by atoms with Gasteiger partial charge in [0.25, 0.3) is 0 Å². The van der Waals surface area contributed by atoms with Crippen LogP contribution in [0.4, 0.5) is 0 Å². The zero-order valence-electron chi connectivity index (χ0n) is 17.8. The Morgan fingerprint density at radius 3 is 2.56 bits per heavy atom. The maximum absolute atomic E-state index is 13.0. The number of β-amino-alcohol motifs (C(OH)–C–C–N with tert-alkyl or cyclic N) is 1. The van der Waals surface area contributed by atoms with Crippen LogP contribution in [0.3, 0.4) is 0 Å². The summed E-state index contributed by atoms with van der Waals surface area (Å²) in [6.07, 6.45) is 0.575. The Morgan fingerprint density at radius 2 is 1.94 bits per heavy atom. The Morgan fingerprint density at radius 1 is 1.28 bits per heavy atom. The number of esters is 1. The number of halogens is 1. The second kappa shape index (κ2) is 9.58. The van der Waals surface area contributed by atoms with Gasteiger partial charge in [-0.1, -0.05) is 17.7 Å². The average molecular weight is 481 g/mol. The molecule has 2 atom stereocenters. The first kappa shape index (κ1) is 24.2. The van der Waals surface area contributed by atoms with Gasteiger partial charge in [0.15, 0.2) is 6.61 Å². The monoisotopic (exact) mass is 480 g/mol. The van der Waals surface area contributed by atoms with Crippen molar-refractivity contribution >= 4 is 33.4 Å². The third-order valence-corrected chi connectivity index (χ3v) is 7.60. The Labute approximate surface area is 192 Å². The van der Waals surface area contributed by atoms with Gasteiger partial charge < -0.3 is 14.4 Å². The molecule has 1 aromatic heterocycles. The van der Waals surface area contributed by atoms with E-state index in [1.165, 1.54) is 24.3 Å².